The third-order valence-electron chi connectivity index (χ3n) is 3.61. The molecular formula is C17H22N6O. The minimum Gasteiger partial charge on any atom is -0.350 e. The molecule has 0 aliphatic rings. The van der Waals surface area contributed by atoms with Gasteiger partial charge in [0.15, 0.2) is 0 Å². The van der Waals surface area contributed by atoms with Gasteiger partial charge in [0.1, 0.15) is 11.9 Å². The zero-order valence-electron chi connectivity index (χ0n) is 14.4. The molecule has 0 aliphatic heterocycles. The summed E-state index contributed by atoms with van der Waals surface area (Å²) in [6.45, 7) is 6.73. The van der Waals surface area contributed by atoms with Crippen molar-refractivity contribution >= 4 is 11.7 Å². The van der Waals surface area contributed by atoms with Gasteiger partial charge in [-0.3, -0.25) is 9.48 Å². The van der Waals surface area contributed by atoms with Crippen LogP contribution >= 0.6 is 0 Å². The van der Waals surface area contributed by atoms with Crippen LogP contribution in [0.2, 0.25) is 0 Å². The number of likely N-dealkylation sites (N-methyl/N-ethyl adjacent to an activating group) is 1. The van der Waals surface area contributed by atoms with Gasteiger partial charge in [-0.15, -0.1) is 0 Å². The summed E-state index contributed by atoms with van der Waals surface area (Å²) in [6.07, 6.45) is 1.50. The number of nitrogens with zero attached hydrogens (tertiary/aromatic N) is 5. The van der Waals surface area contributed by atoms with Crippen LogP contribution in [0, 0.1) is 25.2 Å². The first-order valence-corrected chi connectivity index (χ1v) is 7.76. The first kappa shape index (κ1) is 17.5. The summed E-state index contributed by atoms with van der Waals surface area (Å²) >= 11 is 0. The average molecular weight is 326 g/mol. The topological polar surface area (TPSA) is 86.8 Å². The van der Waals surface area contributed by atoms with Gasteiger partial charge in [0, 0.05) is 25.0 Å². The fourth-order valence-corrected chi connectivity index (χ4v) is 2.46. The predicted octanol–water partition coefficient (Wildman–Crippen LogP) is 1.41. The van der Waals surface area contributed by atoms with Crippen molar-refractivity contribution in [1.29, 1.82) is 5.26 Å². The van der Waals surface area contributed by atoms with E-state index in [0.29, 0.717) is 17.9 Å². The number of amides is 1. The molecule has 0 spiro atoms. The highest BCUT2D eigenvalue weighted by Gasteiger charge is 2.13. The number of carbonyl (C=O) groups excluding carboxylic acids is 1. The Hall–Kier alpha value is -2.88. The van der Waals surface area contributed by atoms with E-state index in [9.17, 15) is 4.79 Å². The SMILES string of the molecule is Cc1cc(C)n(C[C@@H](C)NC(=O)CN(C)c2ccc(C#N)cn2)n1. The number of hydrogen-bond acceptors (Lipinski definition) is 5. The second-order valence-corrected chi connectivity index (χ2v) is 5.95. The molecule has 0 fully saturated rings. The summed E-state index contributed by atoms with van der Waals surface area (Å²) in [5.74, 6) is 0.563. The normalized spacial score (nSPS) is 11.6. The zero-order valence-corrected chi connectivity index (χ0v) is 14.4. The molecule has 24 heavy (non-hydrogen) atoms. The van der Waals surface area contributed by atoms with Crippen LogP contribution < -0.4 is 10.2 Å². The molecule has 1 N–H and O–H groups in total. The monoisotopic (exact) mass is 326 g/mol. The van der Waals surface area contributed by atoms with Crippen LogP contribution in [0.5, 0.6) is 0 Å². The highest BCUT2D eigenvalue weighted by molar-refractivity contribution is 5.81. The lowest BCUT2D eigenvalue weighted by Gasteiger charge is -2.20. The van der Waals surface area contributed by atoms with Crippen molar-refractivity contribution in [2.45, 2.75) is 33.4 Å². The standard InChI is InChI=1S/C17H22N6O/c1-12-7-14(3)23(21-12)10-13(2)20-17(24)11-22(4)16-6-5-15(8-18)9-19-16/h5-7,9,13H,10-11H2,1-4H3,(H,20,24)/t13-/m1/s1. The summed E-state index contributed by atoms with van der Waals surface area (Å²) in [4.78, 5) is 18.1. The maximum absolute atomic E-state index is 12.2. The second kappa shape index (κ2) is 7.59. The van der Waals surface area contributed by atoms with E-state index >= 15 is 0 Å². The third-order valence-corrected chi connectivity index (χ3v) is 3.61. The average Bonchev–Trinajstić information content (AvgIpc) is 2.84. The number of pyridine rings is 1. The van der Waals surface area contributed by atoms with E-state index in [1.807, 2.05) is 37.6 Å². The van der Waals surface area contributed by atoms with E-state index in [1.54, 1.807) is 24.1 Å². The van der Waals surface area contributed by atoms with Crippen LogP contribution in [0.3, 0.4) is 0 Å². The van der Waals surface area contributed by atoms with E-state index in [1.165, 1.54) is 6.20 Å². The minimum atomic E-state index is -0.0855. The molecule has 0 saturated carbocycles. The van der Waals surface area contributed by atoms with Crippen molar-refractivity contribution in [2.75, 3.05) is 18.5 Å². The summed E-state index contributed by atoms with van der Waals surface area (Å²) in [5.41, 5.74) is 2.54. The Balaban J connectivity index is 1.87. The Morgan fingerprint density at radius 2 is 2.21 bits per heavy atom. The number of aromatic nitrogens is 3. The Bertz CT molecular complexity index is 743. The molecule has 0 aromatic carbocycles. The van der Waals surface area contributed by atoms with E-state index in [-0.39, 0.29) is 18.5 Å². The van der Waals surface area contributed by atoms with Crippen molar-refractivity contribution in [2.24, 2.45) is 0 Å². The molecule has 7 heteroatoms. The van der Waals surface area contributed by atoms with E-state index in [4.69, 9.17) is 5.26 Å². The van der Waals surface area contributed by atoms with E-state index in [2.05, 4.69) is 15.4 Å². The summed E-state index contributed by atoms with van der Waals surface area (Å²) < 4.78 is 1.90. The number of nitriles is 1. The van der Waals surface area contributed by atoms with Crippen molar-refractivity contribution in [3.63, 3.8) is 0 Å². The highest BCUT2D eigenvalue weighted by Crippen LogP contribution is 2.08. The number of nitrogens with one attached hydrogen (secondary N) is 1. The third kappa shape index (κ3) is 4.56. The molecule has 2 heterocycles. The summed E-state index contributed by atoms with van der Waals surface area (Å²) in [5, 5.41) is 16.1. The van der Waals surface area contributed by atoms with Crippen LogP contribution in [0.1, 0.15) is 23.9 Å². The van der Waals surface area contributed by atoms with Gasteiger partial charge in [-0.05, 0) is 39.0 Å². The lowest BCUT2D eigenvalue weighted by atomic mass is 10.3. The highest BCUT2D eigenvalue weighted by atomic mass is 16.2. The van der Waals surface area contributed by atoms with Crippen LogP contribution in [0.25, 0.3) is 0 Å². The summed E-state index contributed by atoms with van der Waals surface area (Å²) in [7, 11) is 1.79. The molecule has 0 saturated heterocycles. The molecule has 0 unspecified atom stereocenters. The quantitative estimate of drug-likeness (QED) is 0.867. The number of rotatable bonds is 6. The minimum absolute atomic E-state index is 0.0298. The van der Waals surface area contributed by atoms with Gasteiger partial charge < -0.3 is 10.2 Å². The number of carbonyl (C=O) groups is 1. The smallest absolute Gasteiger partial charge is 0.239 e. The van der Waals surface area contributed by atoms with Crippen LogP contribution in [-0.2, 0) is 11.3 Å². The molecule has 7 nitrogen and oxygen atoms in total. The molecule has 2 aromatic rings. The van der Waals surface area contributed by atoms with Crippen molar-refractivity contribution in [3.8, 4) is 6.07 Å². The van der Waals surface area contributed by atoms with Gasteiger partial charge in [-0.1, -0.05) is 0 Å². The Morgan fingerprint density at radius 3 is 2.75 bits per heavy atom. The zero-order chi connectivity index (χ0) is 17.7. The Kier molecular flexibility index (Phi) is 5.53. The first-order chi connectivity index (χ1) is 11.4. The van der Waals surface area contributed by atoms with Gasteiger partial charge >= 0.3 is 0 Å². The van der Waals surface area contributed by atoms with Crippen LogP contribution in [0.4, 0.5) is 5.82 Å². The number of hydrogen-bond donors (Lipinski definition) is 1. The van der Waals surface area contributed by atoms with Gasteiger partial charge in [0.05, 0.1) is 24.3 Å². The van der Waals surface area contributed by atoms with Gasteiger partial charge in [-0.2, -0.15) is 10.4 Å². The first-order valence-electron chi connectivity index (χ1n) is 7.76. The molecule has 0 radical (unpaired) electrons. The molecule has 0 aliphatic carbocycles. The lowest BCUT2D eigenvalue weighted by Crippen LogP contribution is -2.42. The maximum atomic E-state index is 12.2. The molecule has 2 rings (SSSR count). The van der Waals surface area contributed by atoms with Crippen molar-refractivity contribution in [1.82, 2.24) is 20.1 Å². The van der Waals surface area contributed by atoms with E-state index in [0.717, 1.165) is 11.4 Å². The number of anilines is 1. The van der Waals surface area contributed by atoms with Crippen LogP contribution in [0.15, 0.2) is 24.4 Å². The van der Waals surface area contributed by atoms with Gasteiger partial charge in [0.2, 0.25) is 5.91 Å². The lowest BCUT2D eigenvalue weighted by molar-refractivity contribution is -0.120. The predicted molar refractivity (Wildman–Crippen MR) is 91.5 cm³/mol. The van der Waals surface area contributed by atoms with Crippen molar-refractivity contribution < 1.29 is 4.79 Å². The largest absolute Gasteiger partial charge is 0.350 e. The number of aryl methyl sites for hydroxylation is 2. The molecule has 1 atom stereocenters. The second-order valence-electron chi connectivity index (χ2n) is 5.95. The van der Waals surface area contributed by atoms with Gasteiger partial charge in [0.25, 0.3) is 0 Å². The molecule has 2 aromatic heterocycles. The molecule has 0 bridgehead atoms. The summed E-state index contributed by atoms with van der Waals surface area (Å²) in [6, 6.07) is 7.41. The molecule has 126 valence electrons. The maximum Gasteiger partial charge on any atom is 0.239 e. The Morgan fingerprint density at radius 1 is 1.46 bits per heavy atom. The van der Waals surface area contributed by atoms with Crippen LogP contribution in [-0.4, -0.2) is 40.3 Å². The van der Waals surface area contributed by atoms with Crippen molar-refractivity contribution in [3.05, 3.63) is 41.3 Å². The fourth-order valence-electron chi connectivity index (χ4n) is 2.46. The molecule has 1 amide bonds. The Labute approximate surface area is 141 Å². The van der Waals surface area contributed by atoms with Gasteiger partial charge in [-0.25, -0.2) is 4.98 Å². The fraction of sp³-hybridized carbons (Fsp3) is 0.412. The van der Waals surface area contributed by atoms with E-state index < -0.39 is 0 Å². The molecular weight excluding hydrogens is 304 g/mol.